The zero-order valence-electron chi connectivity index (χ0n) is 14.4. The van der Waals surface area contributed by atoms with Crippen molar-refractivity contribution in [3.63, 3.8) is 0 Å². The van der Waals surface area contributed by atoms with Crippen LogP contribution in [0.2, 0.25) is 5.02 Å². The lowest BCUT2D eigenvalue weighted by molar-refractivity contribution is -0.125. The number of benzene rings is 1. The van der Waals surface area contributed by atoms with Gasteiger partial charge in [0.05, 0.1) is 11.0 Å². The van der Waals surface area contributed by atoms with Crippen molar-refractivity contribution in [2.75, 3.05) is 19.0 Å². The van der Waals surface area contributed by atoms with Crippen LogP contribution in [-0.4, -0.2) is 46.5 Å². The summed E-state index contributed by atoms with van der Waals surface area (Å²) in [6, 6.07) is 4.98. The second kappa shape index (κ2) is 6.31. The zero-order valence-corrected chi connectivity index (χ0v) is 15.2. The summed E-state index contributed by atoms with van der Waals surface area (Å²) >= 11 is 6.02. The first-order valence-electron chi connectivity index (χ1n) is 8.06. The Hall–Kier alpha value is -2.12. The minimum absolute atomic E-state index is 0.0681. The number of rotatable bonds is 4. The molecule has 134 valence electrons. The van der Waals surface area contributed by atoms with E-state index in [0.717, 1.165) is 4.68 Å². The molecule has 0 radical (unpaired) electrons. The molecule has 0 saturated heterocycles. The van der Waals surface area contributed by atoms with Gasteiger partial charge in [-0.3, -0.25) is 9.59 Å². The lowest BCUT2D eigenvalue weighted by Crippen LogP contribution is -2.54. The number of aromatic nitrogens is 2. The molecule has 1 aromatic carbocycles. The predicted molar refractivity (Wildman–Crippen MR) is 97.1 cm³/mol. The van der Waals surface area contributed by atoms with Crippen LogP contribution in [0.25, 0.3) is 10.8 Å². The first kappa shape index (κ1) is 17.7. The molecule has 0 unspecified atom stereocenters. The molecule has 1 aliphatic carbocycles. The Kier molecular flexibility index (Phi) is 4.47. The van der Waals surface area contributed by atoms with Crippen LogP contribution >= 0.6 is 11.6 Å². The molecule has 8 heteroatoms. The number of nitrogens with zero attached hydrogens (tertiary/aromatic N) is 3. The van der Waals surface area contributed by atoms with Gasteiger partial charge in [0.15, 0.2) is 5.82 Å². The SMILES string of the molecule is CN(C)c1nn(CC(=O)NC2CC(C)(O)C2)c(=O)c2cc(Cl)ccc12. The van der Waals surface area contributed by atoms with E-state index in [0.29, 0.717) is 34.5 Å². The number of hydrogen-bond donors (Lipinski definition) is 2. The number of anilines is 1. The monoisotopic (exact) mass is 364 g/mol. The fourth-order valence-electron chi connectivity index (χ4n) is 3.19. The Morgan fingerprint density at radius 1 is 1.44 bits per heavy atom. The second-order valence-electron chi connectivity index (χ2n) is 7.04. The second-order valence-corrected chi connectivity index (χ2v) is 7.48. The van der Waals surface area contributed by atoms with Crippen molar-refractivity contribution in [3.05, 3.63) is 33.6 Å². The molecule has 2 aromatic rings. The Bertz CT molecular complexity index is 883. The molecule has 1 aromatic heterocycles. The maximum Gasteiger partial charge on any atom is 0.275 e. The van der Waals surface area contributed by atoms with Crippen LogP contribution < -0.4 is 15.8 Å². The molecule has 1 saturated carbocycles. The van der Waals surface area contributed by atoms with E-state index < -0.39 is 5.60 Å². The van der Waals surface area contributed by atoms with E-state index in [1.54, 1.807) is 30.0 Å². The third kappa shape index (κ3) is 3.62. The lowest BCUT2D eigenvalue weighted by atomic mass is 9.77. The van der Waals surface area contributed by atoms with E-state index in [2.05, 4.69) is 10.4 Å². The van der Waals surface area contributed by atoms with Crippen LogP contribution in [-0.2, 0) is 11.3 Å². The normalized spacial score (nSPS) is 22.5. The van der Waals surface area contributed by atoms with Crippen LogP contribution in [0.1, 0.15) is 19.8 Å². The molecule has 0 aliphatic heterocycles. The molecule has 25 heavy (non-hydrogen) atoms. The maximum atomic E-state index is 12.7. The number of carbonyl (C=O) groups excluding carboxylic acids is 1. The van der Waals surface area contributed by atoms with Crippen molar-refractivity contribution in [1.82, 2.24) is 15.1 Å². The molecule has 7 nitrogen and oxygen atoms in total. The van der Waals surface area contributed by atoms with E-state index in [4.69, 9.17) is 11.6 Å². The maximum absolute atomic E-state index is 12.7. The van der Waals surface area contributed by atoms with Crippen LogP contribution in [0.3, 0.4) is 0 Å². The predicted octanol–water partition coefficient (Wildman–Crippen LogP) is 1.15. The highest BCUT2D eigenvalue weighted by Gasteiger charge is 2.39. The fourth-order valence-corrected chi connectivity index (χ4v) is 3.36. The van der Waals surface area contributed by atoms with Gasteiger partial charge >= 0.3 is 0 Å². The average Bonchev–Trinajstić information content (AvgIpc) is 2.48. The summed E-state index contributed by atoms with van der Waals surface area (Å²) in [5, 5.41) is 18.4. The first-order chi connectivity index (χ1) is 11.7. The lowest BCUT2D eigenvalue weighted by Gasteiger charge is -2.41. The number of aliphatic hydroxyl groups is 1. The number of amides is 1. The van der Waals surface area contributed by atoms with E-state index in [9.17, 15) is 14.7 Å². The van der Waals surface area contributed by atoms with Gasteiger partial charge in [-0.1, -0.05) is 11.6 Å². The Morgan fingerprint density at radius 2 is 2.12 bits per heavy atom. The van der Waals surface area contributed by atoms with Crippen molar-refractivity contribution >= 4 is 34.1 Å². The van der Waals surface area contributed by atoms with Gasteiger partial charge in [-0.2, -0.15) is 5.10 Å². The van der Waals surface area contributed by atoms with Crippen LogP contribution in [0, 0.1) is 0 Å². The molecule has 0 spiro atoms. The van der Waals surface area contributed by atoms with Crippen molar-refractivity contribution in [3.8, 4) is 0 Å². The van der Waals surface area contributed by atoms with Gasteiger partial charge < -0.3 is 15.3 Å². The largest absolute Gasteiger partial charge is 0.390 e. The minimum atomic E-state index is -0.717. The number of halogens is 1. The molecular weight excluding hydrogens is 344 g/mol. The average molecular weight is 365 g/mol. The number of hydrogen-bond acceptors (Lipinski definition) is 5. The Balaban J connectivity index is 1.89. The zero-order chi connectivity index (χ0) is 18.4. The Morgan fingerprint density at radius 3 is 2.72 bits per heavy atom. The molecule has 3 rings (SSSR count). The number of nitrogens with one attached hydrogen (secondary N) is 1. The van der Waals surface area contributed by atoms with Crippen molar-refractivity contribution in [1.29, 1.82) is 0 Å². The van der Waals surface area contributed by atoms with Gasteiger partial charge in [-0.15, -0.1) is 0 Å². The van der Waals surface area contributed by atoms with Gasteiger partial charge in [0.25, 0.3) is 5.56 Å². The van der Waals surface area contributed by atoms with Gasteiger partial charge in [0.1, 0.15) is 6.54 Å². The number of fused-ring (bicyclic) bond motifs is 1. The summed E-state index contributed by atoms with van der Waals surface area (Å²) < 4.78 is 1.15. The van der Waals surface area contributed by atoms with Gasteiger partial charge in [0.2, 0.25) is 5.91 Å². The minimum Gasteiger partial charge on any atom is -0.390 e. The summed E-state index contributed by atoms with van der Waals surface area (Å²) in [5.74, 6) is 0.284. The van der Waals surface area contributed by atoms with Crippen LogP contribution in [0.5, 0.6) is 0 Å². The molecule has 0 bridgehead atoms. The number of carbonyl (C=O) groups is 1. The van der Waals surface area contributed by atoms with Gasteiger partial charge in [-0.25, -0.2) is 4.68 Å². The molecule has 2 N–H and O–H groups in total. The van der Waals surface area contributed by atoms with Crippen molar-refractivity contribution < 1.29 is 9.90 Å². The molecule has 1 heterocycles. The van der Waals surface area contributed by atoms with Crippen molar-refractivity contribution in [2.45, 2.75) is 38.0 Å². The van der Waals surface area contributed by atoms with Crippen molar-refractivity contribution in [2.24, 2.45) is 0 Å². The molecule has 1 fully saturated rings. The molecule has 0 atom stereocenters. The molecular formula is C17H21ClN4O3. The third-order valence-electron chi connectivity index (χ3n) is 4.36. The summed E-state index contributed by atoms with van der Waals surface area (Å²) in [5.41, 5.74) is -1.08. The first-order valence-corrected chi connectivity index (χ1v) is 8.43. The fraction of sp³-hybridized carbons (Fsp3) is 0.471. The summed E-state index contributed by atoms with van der Waals surface area (Å²) in [6.45, 7) is 1.55. The topological polar surface area (TPSA) is 87.5 Å². The quantitative estimate of drug-likeness (QED) is 0.849. The van der Waals surface area contributed by atoms with E-state index in [1.165, 1.54) is 0 Å². The van der Waals surface area contributed by atoms with Crippen LogP contribution in [0.15, 0.2) is 23.0 Å². The van der Waals surface area contributed by atoms with Gasteiger partial charge in [0, 0.05) is 30.5 Å². The highest BCUT2D eigenvalue weighted by atomic mass is 35.5. The summed E-state index contributed by atoms with van der Waals surface area (Å²) in [4.78, 5) is 26.7. The summed E-state index contributed by atoms with van der Waals surface area (Å²) in [6.07, 6.45) is 1.02. The van der Waals surface area contributed by atoms with E-state index in [-0.39, 0.29) is 24.1 Å². The van der Waals surface area contributed by atoms with E-state index >= 15 is 0 Å². The van der Waals surface area contributed by atoms with E-state index in [1.807, 2.05) is 14.1 Å². The highest BCUT2D eigenvalue weighted by molar-refractivity contribution is 6.31. The molecule has 1 amide bonds. The summed E-state index contributed by atoms with van der Waals surface area (Å²) in [7, 11) is 3.64. The van der Waals surface area contributed by atoms with Crippen LogP contribution in [0.4, 0.5) is 5.82 Å². The Labute approximate surface area is 150 Å². The third-order valence-corrected chi connectivity index (χ3v) is 4.59. The smallest absolute Gasteiger partial charge is 0.275 e. The highest BCUT2D eigenvalue weighted by Crippen LogP contribution is 2.31. The molecule has 1 aliphatic rings. The van der Waals surface area contributed by atoms with Gasteiger partial charge in [-0.05, 0) is 38.0 Å². The standard InChI is InChI=1S/C17H21ClN4O3/c1-17(25)7-11(8-17)19-14(23)9-22-16(24)13-6-10(18)4-5-12(13)15(20-22)21(2)3/h4-6,11,25H,7-9H2,1-3H3,(H,19,23).